The molecule has 1 aliphatic rings. The van der Waals surface area contributed by atoms with Crippen molar-refractivity contribution in [3.05, 3.63) is 70.5 Å². The van der Waals surface area contributed by atoms with Gasteiger partial charge in [0.1, 0.15) is 0 Å². The first-order valence-electron chi connectivity index (χ1n) is 10.2. The smallest absolute Gasteiger partial charge is 0.244 e. The lowest BCUT2D eigenvalue weighted by molar-refractivity contribution is -0.121. The molecule has 3 atom stereocenters. The van der Waals surface area contributed by atoms with Crippen molar-refractivity contribution in [1.82, 2.24) is 25.9 Å². The normalized spacial score (nSPS) is 20.0. The molecule has 0 fully saturated rings. The lowest BCUT2D eigenvalue weighted by Crippen LogP contribution is -2.49. The van der Waals surface area contributed by atoms with Crippen LogP contribution in [0.3, 0.4) is 0 Å². The molecule has 1 aliphatic heterocycles. The highest BCUT2D eigenvalue weighted by atomic mass is 35.5. The number of amides is 1. The van der Waals surface area contributed by atoms with Crippen LogP contribution in [0.2, 0.25) is 5.02 Å². The molecule has 2 N–H and O–H groups in total. The quantitative estimate of drug-likeness (QED) is 0.632. The Morgan fingerprint density at radius 1 is 1.20 bits per heavy atom. The SMILES string of the molecule is CC[C@H](C)[C@@H]1NC(c2ccccc2)c2cc(Cl)ccc2N(CCc2nn[nH]n2)C1=O. The maximum Gasteiger partial charge on any atom is 0.244 e. The zero-order chi connectivity index (χ0) is 21.1. The summed E-state index contributed by atoms with van der Waals surface area (Å²) in [6.45, 7) is 4.68. The van der Waals surface area contributed by atoms with Gasteiger partial charge in [0, 0.05) is 23.7 Å². The second-order valence-corrected chi connectivity index (χ2v) is 8.08. The Balaban J connectivity index is 1.80. The van der Waals surface area contributed by atoms with Crippen LogP contribution in [0.15, 0.2) is 48.5 Å². The van der Waals surface area contributed by atoms with Crippen LogP contribution in [-0.4, -0.2) is 39.1 Å². The van der Waals surface area contributed by atoms with Crippen LogP contribution >= 0.6 is 11.6 Å². The summed E-state index contributed by atoms with van der Waals surface area (Å²) >= 11 is 6.39. The highest BCUT2D eigenvalue weighted by molar-refractivity contribution is 6.30. The highest BCUT2D eigenvalue weighted by Crippen LogP contribution is 2.37. The Labute approximate surface area is 180 Å². The number of H-pyrrole nitrogens is 1. The van der Waals surface area contributed by atoms with E-state index in [0.717, 1.165) is 23.2 Å². The summed E-state index contributed by atoms with van der Waals surface area (Å²) in [4.78, 5) is 15.5. The number of aromatic nitrogens is 4. The van der Waals surface area contributed by atoms with Crippen LogP contribution in [0.5, 0.6) is 0 Å². The molecule has 2 aromatic carbocycles. The molecule has 7 nitrogen and oxygen atoms in total. The van der Waals surface area contributed by atoms with Crippen molar-refractivity contribution in [3.63, 3.8) is 0 Å². The van der Waals surface area contributed by atoms with Crippen LogP contribution < -0.4 is 10.2 Å². The van der Waals surface area contributed by atoms with E-state index in [9.17, 15) is 4.79 Å². The van der Waals surface area contributed by atoms with E-state index in [0.29, 0.717) is 23.8 Å². The van der Waals surface area contributed by atoms with E-state index >= 15 is 0 Å². The summed E-state index contributed by atoms with van der Waals surface area (Å²) in [6, 6.07) is 15.4. The molecular formula is C22H25ClN6O. The molecule has 30 heavy (non-hydrogen) atoms. The number of carbonyl (C=O) groups is 1. The first kappa shape index (κ1) is 20.5. The summed E-state index contributed by atoms with van der Waals surface area (Å²) < 4.78 is 0. The molecule has 0 saturated heterocycles. The number of rotatable bonds is 6. The fourth-order valence-corrected chi connectivity index (χ4v) is 4.11. The van der Waals surface area contributed by atoms with E-state index in [1.54, 1.807) is 0 Å². The van der Waals surface area contributed by atoms with Crippen LogP contribution in [0.4, 0.5) is 5.69 Å². The van der Waals surface area contributed by atoms with Gasteiger partial charge in [0.25, 0.3) is 0 Å². The van der Waals surface area contributed by atoms with Gasteiger partial charge in [-0.2, -0.15) is 5.21 Å². The van der Waals surface area contributed by atoms with Gasteiger partial charge in [0.05, 0.1) is 12.1 Å². The second kappa shape index (κ2) is 8.93. The molecule has 8 heteroatoms. The Morgan fingerprint density at radius 3 is 2.70 bits per heavy atom. The number of halogens is 1. The molecule has 0 bridgehead atoms. The van der Waals surface area contributed by atoms with Crippen LogP contribution in [0.25, 0.3) is 0 Å². The molecule has 1 amide bonds. The maximum atomic E-state index is 13.7. The number of anilines is 1. The molecule has 0 radical (unpaired) electrons. The van der Waals surface area contributed by atoms with Crippen molar-refractivity contribution in [3.8, 4) is 0 Å². The van der Waals surface area contributed by atoms with E-state index < -0.39 is 0 Å². The Kier molecular flexibility index (Phi) is 6.11. The van der Waals surface area contributed by atoms with Crippen molar-refractivity contribution in [2.24, 2.45) is 5.92 Å². The summed E-state index contributed by atoms with van der Waals surface area (Å²) in [6.07, 6.45) is 1.40. The summed E-state index contributed by atoms with van der Waals surface area (Å²) in [5.41, 5.74) is 2.95. The molecule has 0 saturated carbocycles. The van der Waals surface area contributed by atoms with E-state index in [4.69, 9.17) is 11.6 Å². The van der Waals surface area contributed by atoms with Gasteiger partial charge >= 0.3 is 0 Å². The fraction of sp³-hybridized carbons (Fsp3) is 0.364. The lowest BCUT2D eigenvalue weighted by Gasteiger charge is -2.28. The number of benzene rings is 2. The van der Waals surface area contributed by atoms with Gasteiger partial charge in [-0.1, -0.05) is 67.4 Å². The monoisotopic (exact) mass is 424 g/mol. The Bertz CT molecular complexity index is 994. The van der Waals surface area contributed by atoms with Crippen LogP contribution in [0.1, 0.15) is 43.3 Å². The van der Waals surface area contributed by atoms with Gasteiger partial charge in [0.2, 0.25) is 5.91 Å². The fourth-order valence-electron chi connectivity index (χ4n) is 3.93. The molecule has 2 heterocycles. The average molecular weight is 425 g/mol. The average Bonchev–Trinajstić information content (AvgIpc) is 3.25. The van der Waals surface area contributed by atoms with E-state index in [-0.39, 0.29) is 23.9 Å². The maximum absolute atomic E-state index is 13.7. The molecule has 156 valence electrons. The topological polar surface area (TPSA) is 86.8 Å². The molecule has 1 unspecified atom stereocenters. The molecule has 0 spiro atoms. The molecule has 0 aliphatic carbocycles. The zero-order valence-electron chi connectivity index (χ0n) is 17.0. The standard InChI is InChI=1S/C22H25ClN6O/c1-3-14(2)20-22(30)29(12-11-19-25-27-28-26-19)18-10-9-16(23)13-17(18)21(24-20)15-7-5-4-6-8-15/h4-10,13-14,20-21,24H,3,11-12H2,1-2H3,(H,25,26,27,28)/t14-,20-,21?/m0/s1. The third-order valence-electron chi connectivity index (χ3n) is 5.76. The largest absolute Gasteiger partial charge is 0.310 e. The zero-order valence-corrected chi connectivity index (χ0v) is 17.8. The molecule has 4 rings (SSSR count). The summed E-state index contributed by atoms with van der Waals surface area (Å²) in [7, 11) is 0. The molecular weight excluding hydrogens is 400 g/mol. The van der Waals surface area contributed by atoms with Crippen LogP contribution in [0, 0.1) is 5.92 Å². The Morgan fingerprint density at radius 2 is 2.00 bits per heavy atom. The predicted molar refractivity (Wildman–Crippen MR) is 116 cm³/mol. The van der Waals surface area contributed by atoms with Crippen molar-refractivity contribution in [1.29, 1.82) is 0 Å². The number of nitrogens with zero attached hydrogens (tertiary/aromatic N) is 4. The third-order valence-corrected chi connectivity index (χ3v) is 6.00. The van der Waals surface area contributed by atoms with Crippen molar-refractivity contribution in [2.75, 3.05) is 11.4 Å². The van der Waals surface area contributed by atoms with Crippen molar-refractivity contribution in [2.45, 2.75) is 38.8 Å². The van der Waals surface area contributed by atoms with Gasteiger partial charge in [-0.3, -0.25) is 10.1 Å². The van der Waals surface area contributed by atoms with E-state index in [1.165, 1.54) is 0 Å². The van der Waals surface area contributed by atoms with Crippen molar-refractivity contribution >= 4 is 23.2 Å². The second-order valence-electron chi connectivity index (χ2n) is 7.64. The lowest BCUT2D eigenvalue weighted by atomic mass is 9.94. The number of tetrazole rings is 1. The Hall–Kier alpha value is -2.77. The van der Waals surface area contributed by atoms with Gasteiger partial charge in [-0.15, -0.1) is 10.2 Å². The summed E-state index contributed by atoms with van der Waals surface area (Å²) in [5.74, 6) is 0.797. The number of carbonyl (C=O) groups excluding carboxylic acids is 1. The van der Waals surface area contributed by atoms with Gasteiger partial charge in [0.15, 0.2) is 5.82 Å². The minimum atomic E-state index is -0.323. The minimum absolute atomic E-state index is 0.0508. The number of fused-ring (bicyclic) bond motifs is 1. The minimum Gasteiger partial charge on any atom is -0.310 e. The van der Waals surface area contributed by atoms with Gasteiger partial charge in [-0.25, -0.2) is 0 Å². The number of hydrogen-bond acceptors (Lipinski definition) is 5. The first-order chi connectivity index (χ1) is 14.6. The molecule has 3 aromatic rings. The van der Waals surface area contributed by atoms with Crippen LogP contribution in [-0.2, 0) is 11.2 Å². The van der Waals surface area contributed by atoms with E-state index in [2.05, 4.69) is 51.9 Å². The third kappa shape index (κ3) is 4.08. The van der Waals surface area contributed by atoms with Gasteiger partial charge in [-0.05, 0) is 35.2 Å². The number of hydrogen-bond donors (Lipinski definition) is 2. The number of aromatic amines is 1. The number of nitrogens with one attached hydrogen (secondary N) is 2. The predicted octanol–water partition coefficient (Wildman–Crippen LogP) is 3.54. The van der Waals surface area contributed by atoms with Gasteiger partial charge < -0.3 is 4.90 Å². The highest BCUT2D eigenvalue weighted by Gasteiger charge is 2.37. The summed E-state index contributed by atoms with van der Waals surface area (Å²) in [5, 5.41) is 18.4. The molecule has 1 aromatic heterocycles. The van der Waals surface area contributed by atoms with Crippen molar-refractivity contribution < 1.29 is 4.79 Å². The van der Waals surface area contributed by atoms with E-state index in [1.807, 2.05) is 41.3 Å². The first-order valence-corrected chi connectivity index (χ1v) is 10.6.